The van der Waals surface area contributed by atoms with Crippen LogP contribution in [-0.4, -0.2) is 19.6 Å². The molecule has 154 valence electrons. The van der Waals surface area contributed by atoms with Gasteiger partial charge in [0.1, 0.15) is 10.3 Å². The van der Waals surface area contributed by atoms with Crippen molar-refractivity contribution in [1.82, 2.24) is 19.6 Å². The molecule has 0 atom stereocenters. The minimum atomic E-state index is 0.681. The molecular weight excluding hydrogens is 415 g/mol. The number of aryl methyl sites for hydroxylation is 2. The number of hydrogen-bond donors (Lipinski definition) is 0. The van der Waals surface area contributed by atoms with Crippen molar-refractivity contribution >= 4 is 23.2 Å². The Bertz CT molecular complexity index is 984. The molecule has 2 aromatic carbocycles. The van der Waals surface area contributed by atoms with Crippen molar-refractivity contribution in [2.75, 3.05) is 0 Å². The monoisotopic (exact) mass is 438 g/mol. The number of aromatic nitrogens is 4. The first kappa shape index (κ1) is 20.7. The van der Waals surface area contributed by atoms with Gasteiger partial charge < -0.3 is 0 Å². The van der Waals surface area contributed by atoms with E-state index in [1.165, 1.54) is 11.1 Å². The Kier molecular flexibility index (Phi) is 6.88. The third kappa shape index (κ3) is 5.53. The number of unbranched alkanes of at least 4 members (excludes halogenated alkanes) is 1. The summed E-state index contributed by atoms with van der Waals surface area (Å²) >= 11 is 12.7. The summed E-state index contributed by atoms with van der Waals surface area (Å²) in [7, 11) is 0. The second-order valence-corrected chi connectivity index (χ2v) is 8.18. The van der Waals surface area contributed by atoms with E-state index in [2.05, 4.69) is 34.5 Å². The molecule has 0 N–H and O–H groups in total. The van der Waals surface area contributed by atoms with Crippen molar-refractivity contribution in [2.45, 2.75) is 38.8 Å². The fourth-order valence-corrected chi connectivity index (χ4v) is 3.93. The SMILES string of the molecule is Clc1cc(CCCCc2cc(Cl)n(Cc3ccccc3)n2)nn1Cc1ccccc1. The van der Waals surface area contributed by atoms with Crippen LogP contribution >= 0.6 is 23.2 Å². The molecule has 0 aliphatic heterocycles. The molecule has 0 saturated heterocycles. The largest absolute Gasteiger partial charge is 0.249 e. The molecule has 6 heteroatoms. The molecule has 0 fully saturated rings. The van der Waals surface area contributed by atoms with Gasteiger partial charge in [-0.3, -0.25) is 0 Å². The molecular formula is C24H24Cl2N4. The summed E-state index contributed by atoms with van der Waals surface area (Å²) in [4.78, 5) is 0. The van der Waals surface area contributed by atoms with Crippen LogP contribution in [0.2, 0.25) is 10.3 Å². The van der Waals surface area contributed by atoms with Gasteiger partial charge in [0.15, 0.2) is 0 Å². The predicted octanol–water partition coefficient (Wildman–Crippen LogP) is 6.05. The van der Waals surface area contributed by atoms with E-state index in [-0.39, 0.29) is 0 Å². The maximum Gasteiger partial charge on any atom is 0.127 e. The molecule has 0 radical (unpaired) electrons. The normalized spacial score (nSPS) is 11.1. The summed E-state index contributed by atoms with van der Waals surface area (Å²) < 4.78 is 3.72. The lowest BCUT2D eigenvalue weighted by Gasteiger charge is -2.03. The second kappa shape index (κ2) is 9.96. The lowest BCUT2D eigenvalue weighted by Crippen LogP contribution is -2.03. The van der Waals surface area contributed by atoms with Crippen LogP contribution < -0.4 is 0 Å². The summed E-state index contributed by atoms with van der Waals surface area (Å²) in [5.74, 6) is 0. The maximum absolute atomic E-state index is 6.36. The van der Waals surface area contributed by atoms with Crippen LogP contribution in [0.3, 0.4) is 0 Å². The van der Waals surface area contributed by atoms with E-state index in [9.17, 15) is 0 Å². The van der Waals surface area contributed by atoms with E-state index in [1.54, 1.807) is 0 Å². The number of hydrogen-bond acceptors (Lipinski definition) is 2. The van der Waals surface area contributed by atoms with Gasteiger partial charge >= 0.3 is 0 Å². The average molecular weight is 439 g/mol. The van der Waals surface area contributed by atoms with E-state index in [1.807, 2.05) is 57.9 Å². The lowest BCUT2D eigenvalue weighted by molar-refractivity contribution is 0.640. The van der Waals surface area contributed by atoms with Gasteiger partial charge in [0, 0.05) is 0 Å². The van der Waals surface area contributed by atoms with Gasteiger partial charge in [0.25, 0.3) is 0 Å². The van der Waals surface area contributed by atoms with Crippen LogP contribution in [0, 0.1) is 0 Å². The van der Waals surface area contributed by atoms with Crippen molar-refractivity contribution in [3.8, 4) is 0 Å². The number of halogens is 2. The zero-order valence-corrected chi connectivity index (χ0v) is 18.2. The number of nitrogens with zero attached hydrogens (tertiary/aromatic N) is 4. The first-order chi connectivity index (χ1) is 14.7. The highest BCUT2D eigenvalue weighted by molar-refractivity contribution is 6.29. The summed E-state index contributed by atoms with van der Waals surface area (Å²) in [6.45, 7) is 1.38. The van der Waals surface area contributed by atoms with E-state index in [0.717, 1.165) is 37.1 Å². The molecule has 2 heterocycles. The highest BCUT2D eigenvalue weighted by Crippen LogP contribution is 2.18. The Morgan fingerprint density at radius 3 is 1.40 bits per heavy atom. The van der Waals surface area contributed by atoms with Gasteiger partial charge in [-0.25, -0.2) is 9.36 Å². The smallest absolute Gasteiger partial charge is 0.127 e. The maximum atomic E-state index is 6.36. The molecule has 0 aliphatic carbocycles. The van der Waals surface area contributed by atoms with Gasteiger partial charge in [0.2, 0.25) is 0 Å². The zero-order chi connectivity index (χ0) is 20.8. The van der Waals surface area contributed by atoms with Crippen LogP contribution in [0.4, 0.5) is 0 Å². The minimum absolute atomic E-state index is 0.681. The summed E-state index contributed by atoms with van der Waals surface area (Å²) in [5.41, 5.74) is 4.45. The Hall–Kier alpha value is -2.56. The van der Waals surface area contributed by atoms with Gasteiger partial charge in [-0.15, -0.1) is 0 Å². The fourth-order valence-electron chi connectivity index (χ4n) is 3.48. The molecule has 30 heavy (non-hydrogen) atoms. The lowest BCUT2D eigenvalue weighted by atomic mass is 10.1. The van der Waals surface area contributed by atoms with Gasteiger partial charge in [-0.1, -0.05) is 83.9 Å². The highest BCUT2D eigenvalue weighted by atomic mass is 35.5. The topological polar surface area (TPSA) is 35.6 Å². The van der Waals surface area contributed by atoms with E-state index < -0.39 is 0 Å². The molecule has 4 nitrogen and oxygen atoms in total. The highest BCUT2D eigenvalue weighted by Gasteiger charge is 2.09. The van der Waals surface area contributed by atoms with Crippen molar-refractivity contribution in [1.29, 1.82) is 0 Å². The van der Waals surface area contributed by atoms with Crippen LogP contribution in [0.25, 0.3) is 0 Å². The van der Waals surface area contributed by atoms with Crippen LogP contribution in [0.15, 0.2) is 72.8 Å². The molecule has 0 unspecified atom stereocenters. The Balaban J connectivity index is 1.26. The average Bonchev–Trinajstić information content (AvgIpc) is 3.28. The third-order valence-corrected chi connectivity index (χ3v) is 5.64. The molecule has 0 saturated carbocycles. The Labute approximate surface area is 187 Å². The van der Waals surface area contributed by atoms with Crippen molar-refractivity contribution in [3.05, 3.63) is 106 Å². The van der Waals surface area contributed by atoms with Crippen LogP contribution in [-0.2, 0) is 25.9 Å². The Morgan fingerprint density at radius 2 is 1.00 bits per heavy atom. The summed E-state index contributed by atoms with van der Waals surface area (Å²) in [6, 6.07) is 24.4. The molecule has 0 aliphatic rings. The summed E-state index contributed by atoms with van der Waals surface area (Å²) in [6.07, 6.45) is 3.86. The molecule has 2 aromatic heterocycles. The van der Waals surface area contributed by atoms with Gasteiger partial charge in [-0.05, 0) is 48.9 Å². The first-order valence-corrected chi connectivity index (χ1v) is 11.0. The van der Waals surface area contributed by atoms with Gasteiger partial charge in [-0.2, -0.15) is 10.2 Å². The second-order valence-electron chi connectivity index (χ2n) is 7.41. The molecule has 0 spiro atoms. The molecule has 0 bridgehead atoms. The quantitative estimate of drug-likeness (QED) is 0.298. The number of benzene rings is 2. The molecule has 0 amide bonds. The van der Waals surface area contributed by atoms with Crippen molar-refractivity contribution < 1.29 is 0 Å². The third-order valence-electron chi connectivity index (χ3n) is 5.03. The first-order valence-electron chi connectivity index (χ1n) is 10.2. The zero-order valence-electron chi connectivity index (χ0n) is 16.7. The standard InChI is InChI=1S/C24H24Cl2N4/c25-23-15-21(27-29(23)17-19-9-3-1-4-10-19)13-7-8-14-22-16-24(26)30(28-22)18-20-11-5-2-6-12-20/h1-6,9-12,15-16H,7-8,13-14,17-18H2. The minimum Gasteiger partial charge on any atom is -0.249 e. The van der Waals surface area contributed by atoms with Crippen molar-refractivity contribution in [3.63, 3.8) is 0 Å². The number of rotatable bonds is 9. The van der Waals surface area contributed by atoms with E-state index >= 15 is 0 Å². The van der Waals surface area contributed by atoms with Gasteiger partial charge in [0.05, 0.1) is 24.5 Å². The van der Waals surface area contributed by atoms with Crippen molar-refractivity contribution in [2.24, 2.45) is 0 Å². The Morgan fingerprint density at radius 1 is 0.600 bits per heavy atom. The van der Waals surface area contributed by atoms with Crippen LogP contribution in [0.5, 0.6) is 0 Å². The molecule has 4 aromatic rings. The summed E-state index contributed by atoms with van der Waals surface area (Å²) in [5, 5.41) is 10.7. The van der Waals surface area contributed by atoms with Crippen LogP contribution in [0.1, 0.15) is 35.4 Å². The molecule has 4 rings (SSSR count). The fraction of sp³-hybridized carbons (Fsp3) is 0.250. The van der Waals surface area contributed by atoms with E-state index in [4.69, 9.17) is 23.2 Å². The van der Waals surface area contributed by atoms with E-state index in [0.29, 0.717) is 23.4 Å². The predicted molar refractivity (Wildman–Crippen MR) is 122 cm³/mol.